The lowest BCUT2D eigenvalue weighted by Gasteiger charge is -2.07. The summed E-state index contributed by atoms with van der Waals surface area (Å²) in [5, 5.41) is 0. The van der Waals surface area contributed by atoms with E-state index < -0.39 is 11.9 Å². The summed E-state index contributed by atoms with van der Waals surface area (Å²) < 4.78 is 16.3. The van der Waals surface area contributed by atoms with E-state index in [0.29, 0.717) is 34.2 Å². The number of hydrogen-bond acceptors (Lipinski definition) is 5. The maximum Gasteiger partial charge on any atom is 0.338 e. The van der Waals surface area contributed by atoms with Gasteiger partial charge < -0.3 is 13.9 Å². The Hall–Kier alpha value is -4.30. The summed E-state index contributed by atoms with van der Waals surface area (Å²) >= 11 is 0. The van der Waals surface area contributed by atoms with Gasteiger partial charge in [0.05, 0.1) is 0 Å². The molecule has 0 bridgehead atoms. The fraction of sp³-hybridized carbons (Fsp3) is 0.111. The third-order valence-electron chi connectivity index (χ3n) is 4.37. The van der Waals surface area contributed by atoms with Crippen molar-refractivity contribution in [1.29, 1.82) is 0 Å². The number of carbonyl (C=O) groups excluding carboxylic acids is 2. The smallest absolute Gasteiger partial charge is 0.338 e. The van der Waals surface area contributed by atoms with E-state index in [1.165, 1.54) is 0 Å². The fourth-order valence-corrected chi connectivity index (χ4v) is 2.65. The Labute approximate surface area is 187 Å². The Balaban J connectivity index is 1.71. The van der Waals surface area contributed by atoms with Crippen LogP contribution >= 0.6 is 0 Å². The van der Waals surface area contributed by atoms with Gasteiger partial charge in [0.2, 0.25) is 0 Å². The molecule has 0 N–H and O–H groups in total. The van der Waals surface area contributed by atoms with E-state index >= 15 is 0 Å². The minimum atomic E-state index is -0.468. The highest BCUT2D eigenvalue weighted by Gasteiger charge is 2.11. The Morgan fingerprint density at radius 1 is 0.812 bits per heavy atom. The SMILES string of the molecule is C=C(C)C(=O)Oc1ccc(C#Cc2ccc(-c3ccc(OC(=O)C(=C)C)cc3C)o2)cc1. The molecule has 1 heterocycles. The first-order valence-corrected chi connectivity index (χ1v) is 9.81. The van der Waals surface area contributed by atoms with Crippen molar-refractivity contribution >= 4 is 11.9 Å². The van der Waals surface area contributed by atoms with Crippen LogP contribution in [0.2, 0.25) is 0 Å². The molecule has 0 unspecified atom stereocenters. The van der Waals surface area contributed by atoms with Crippen molar-refractivity contribution in [3.63, 3.8) is 0 Å². The molecule has 0 spiro atoms. The summed E-state index contributed by atoms with van der Waals surface area (Å²) in [6, 6.07) is 15.8. The molecule has 0 saturated carbocycles. The van der Waals surface area contributed by atoms with E-state index in [-0.39, 0.29) is 0 Å². The number of furan rings is 1. The second kappa shape index (κ2) is 9.67. The maximum atomic E-state index is 11.7. The highest BCUT2D eigenvalue weighted by atomic mass is 16.5. The van der Waals surface area contributed by atoms with Gasteiger partial charge in [0.25, 0.3) is 0 Å². The Morgan fingerprint density at radius 2 is 1.41 bits per heavy atom. The van der Waals surface area contributed by atoms with Crippen molar-refractivity contribution in [1.82, 2.24) is 0 Å². The molecular weight excluding hydrogens is 404 g/mol. The van der Waals surface area contributed by atoms with E-state index in [9.17, 15) is 9.59 Å². The van der Waals surface area contributed by atoms with Gasteiger partial charge in [0.15, 0.2) is 5.76 Å². The van der Waals surface area contributed by atoms with E-state index in [1.807, 2.05) is 19.1 Å². The molecule has 0 radical (unpaired) electrons. The number of carbonyl (C=O) groups is 2. The molecule has 0 aliphatic carbocycles. The topological polar surface area (TPSA) is 65.7 Å². The van der Waals surface area contributed by atoms with Crippen LogP contribution in [0.15, 0.2) is 83.3 Å². The third kappa shape index (κ3) is 5.65. The van der Waals surface area contributed by atoms with Crippen LogP contribution in [-0.2, 0) is 9.59 Å². The van der Waals surface area contributed by atoms with Gasteiger partial charge >= 0.3 is 11.9 Å². The predicted molar refractivity (Wildman–Crippen MR) is 122 cm³/mol. The molecule has 0 fully saturated rings. The van der Waals surface area contributed by atoms with Crippen molar-refractivity contribution in [2.45, 2.75) is 20.8 Å². The monoisotopic (exact) mass is 426 g/mol. The van der Waals surface area contributed by atoms with Gasteiger partial charge in [0.1, 0.15) is 17.3 Å². The molecule has 3 rings (SSSR count). The molecule has 3 aromatic rings. The molecule has 0 aliphatic rings. The standard InChI is InChI=1S/C27H22O5/c1-17(2)26(28)31-22-10-7-20(8-11-22)6-9-21-13-15-25(30-21)24-14-12-23(16-19(24)5)32-27(29)18(3)4/h7-8,10-16H,1,3H2,2,4-5H3. The number of aryl methyl sites for hydroxylation is 1. The molecule has 5 nitrogen and oxygen atoms in total. The molecule has 32 heavy (non-hydrogen) atoms. The van der Waals surface area contributed by atoms with Crippen LogP contribution < -0.4 is 9.47 Å². The fourth-order valence-electron chi connectivity index (χ4n) is 2.65. The Morgan fingerprint density at radius 3 is 2.00 bits per heavy atom. The van der Waals surface area contributed by atoms with Gasteiger partial charge in [-0.05, 0) is 86.9 Å². The molecule has 0 atom stereocenters. The minimum absolute atomic E-state index is 0.334. The zero-order valence-electron chi connectivity index (χ0n) is 18.2. The van der Waals surface area contributed by atoms with Crippen LogP contribution in [-0.4, -0.2) is 11.9 Å². The van der Waals surface area contributed by atoms with Crippen molar-refractivity contribution in [2.24, 2.45) is 0 Å². The quantitative estimate of drug-likeness (QED) is 0.229. The van der Waals surface area contributed by atoms with Gasteiger partial charge in [-0.3, -0.25) is 0 Å². The van der Waals surface area contributed by atoms with Crippen molar-refractivity contribution in [2.75, 3.05) is 0 Å². The molecule has 0 amide bonds. The van der Waals surface area contributed by atoms with Crippen LogP contribution in [0.4, 0.5) is 0 Å². The average molecular weight is 426 g/mol. The summed E-state index contributed by atoms with van der Waals surface area (Å²) in [6.45, 7) is 12.2. The van der Waals surface area contributed by atoms with E-state index in [2.05, 4.69) is 25.0 Å². The van der Waals surface area contributed by atoms with Crippen LogP contribution in [0.1, 0.15) is 30.7 Å². The van der Waals surface area contributed by atoms with Gasteiger partial charge in [0, 0.05) is 22.3 Å². The van der Waals surface area contributed by atoms with Gasteiger partial charge in [-0.1, -0.05) is 19.1 Å². The first kappa shape index (κ1) is 22.4. The Kier molecular flexibility index (Phi) is 6.77. The summed E-state index contributed by atoms with van der Waals surface area (Å²) in [4.78, 5) is 23.2. The van der Waals surface area contributed by atoms with Gasteiger partial charge in [-0.15, -0.1) is 0 Å². The lowest BCUT2D eigenvalue weighted by atomic mass is 10.1. The summed E-state index contributed by atoms with van der Waals surface area (Å²) in [7, 11) is 0. The number of esters is 2. The maximum absolute atomic E-state index is 11.7. The number of hydrogen-bond donors (Lipinski definition) is 0. The van der Waals surface area contributed by atoms with Crippen LogP contribution in [0.3, 0.4) is 0 Å². The Bertz CT molecular complexity index is 1260. The minimum Gasteiger partial charge on any atom is -0.448 e. The van der Waals surface area contributed by atoms with Crippen LogP contribution in [0.5, 0.6) is 11.5 Å². The van der Waals surface area contributed by atoms with E-state index in [4.69, 9.17) is 13.9 Å². The molecule has 2 aromatic carbocycles. The molecule has 0 aliphatic heterocycles. The highest BCUT2D eigenvalue weighted by molar-refractivity contribution is 5.89. The largest absolute Gasteiger partial charge is 0.448 e. The number of rotatable bonds is 5. The highest BCUT2D eigenvalue weighted by Crippen LogP contribution is 2.28. The van der Waals surface area contributed by atoms with Crippen molar-refractivity contribution in [3.8, 4) is 34.7 Å². The average Bonchev–Trinajstić information content (AvgIpc) is 3.22. The van der Waals surface area contributed by atoms with Gasteiger partial charge in [-0.25, -0.2) is 9.59 Å². The molecule has 160 valence electrons. The van der Waals surface area contributed by atoms with E-state index in [0.717, 1.165) is 16.7 Å². The number of ether oxygens (including phenoxy) is 2. The lowest BCUT2D eigenvalue weighted by Crippen LogP contribution is -2.08. The summed E-state index contributed by atoms with van der Waals surface area (Å²) in [5.41, 5.74) is 3.18. The molecular formula is C27H22O5. The predicted octanol–water partition coefficient (Wildman–Crippen LogP) is 5.62. The van der Waals surface area contributed by atoms with Crippen LogP contribution in [0.25, 0.3) is 11.3 Å². The summed E-state index contributed by atoms with van der Waals surface area (Å²) in [5.74, 6) is 7.11. The van der Waals surface area contributed by atoms with E-state index in [1.54, 1.807) is 56.3 Å². The zero-order valence-corrected chi connectivity index (χ0v) is 18.2. The summed E-state index contributed by atoms with van der Waals surface area (Å²) in [6.07, 6.45) is 0. The molecule has 0 saturated heterocycles. The first-order valence-electron chi connectivity index (χ1n) is 9.81. The lowest BCUT2D eigenvalue weighted by molar-refractivity contribution is -0.130. The second-order valence-electron chi connectivity index (χ2n) is 7.25. The first-order chi connectivity index (χ1) is 15.2. The zero-order chi connectivity index (χ0) is 23.3. The van der Waals surface area contributed by atoms with Gasteiger partial charge in [-0.2, -0.15) is 0 Å². The third-order valence-corrected chi connectivity index (χ3v) is 4.37. The number of benzene rings is 2. The normalized spacial score (nSPS) is 9.97. The second-order valence-corrected chi connectivity index (χ2v) is 7.25. The molecule has 5 heteroatoms. The van der Waals surface area contributed by atoms with Crippen molar-refractivity contribution < 1.29 is 23.5 Å². The van der Waals surface area contributed by atoms with Crippen LogP contribution in [0, 0.1) is 18.8 Å². The molecule has 1 aromatic heterocycles. The van der Waals surface area contributed by atoms with Crippen molar-refractivity contribution in [3.05, 3.63) is 95.8 Å².